The Morgan fingerprint density at radius 2 is 1.85 bits per heavy atom. The smallest absolute Gasteiger partial charge is 0.198 e. The lowest BCUT2D eigenvalue weighted by Crippen LogP contribution is -2.23. The van der Waals surface area contributed by atoms with Crippen LogP contribution in [0.3, 0.4) is 0 Å². The molecule has 108 valence electrons. The molecule has 1 aromatic carbocycles. The minimum absolute atomic E-state index is 0.0943. The minimum atomic E-state index is 0.0943. The summed E-state index contributed by atoms with van der Waals surface area (Å²) in [5, 5.41) is 4.00. The highest BCUT2D eigenvalue weighted by atomic mass is 35.5. The molecule has 3 heteroatoms. The zero-order chi connectivity index (χ0) is 14.4. The number of furan rings is 1. The first-order chi connectivity index (χ1) is 9.76. The summed E-state index contributed by atoms with van der Waals surface area (Å²) in [4.78, 5) is 0. The number of aryl methyl sites for hydroxylation is 1. The Balaban J connectivity index is 2.24. The van der Waals surface area contributed by atoms with E-state index in [0.29, 0.717) is 5.22 Å². The molecule has 0 aliphatic rings. The van der Waals surface area contributed by atoms with Crippen LogP contribution >= 0.6 is 11.6 Å². The summed E-state index contributed by atoms with van der Waals surface area (Å²) in [6, 6.07) is 10.8. The molecule has 20 heavy (non-hydrogen) atoms. The van der Waals surface area contributed by atoms with Crippen LogP contribution in [0.2, 0.25) is 5.22 Å². The summed E-state index contributed by atoms with van der Waals surface area (Å²) < 4.78 is 5.23. The average Bonchev–Trinajstić information content (AvgIpc) is 2.88. The first-order valence-electron chi connectivity index (χ1n) is 7.31. The number of rotatable bonds is 7. The highest BCUT2D eigenvalue weighted by Gasteiger charge is 2.18. The van der Waals surface area contributed by atoms with Crippen molar-refractivity contribution in [2.75, 3.05) is 6.54 Å². The minimum Gasteiger partial charge on any atom is -0.453 e. The maximum Gasteiger partial charge on any atom is 0.198 e. The molecule has 0 saturated carbocycles. The normalized spacial score (nSPS) is 12.6. The van der Waals surface area contributed by atoms with Crippen LogP contribution in [0.5, 0.6) is 0 Å². The van der Waals surface area contributed by atoms with Gasteiger partial charge in [-0.2, -0.15) is 0 Å². The van der Waals surface area contributed by atoms with Gasteiger partial charge in [-0.3, -0.25) is 0 Å². The van der Waals surface area contributed by atoms with E-state index in [2.05, 4.69) is 43.4 Å². The van der Waals surface area contributed by atoms with Gasteiger partial charge in [-0.25, -0.2) is 0 Å². The quantitative estimate of drug-likeness (QED) is 0.779. The van der Waals surface area contributed by atoms with Crippen LogP contribution < -0.4 is 5.32 Å². The fourth-order valence-electron chi connectivity index (χ4n) is 2.37. The molecule has 1 atom stereocenters. The summed E-state index contributed by atoms with van der Waals surface area (Å²) in [5.74, 6) is 0. The molecule has 0 radical (unpaired) electrons. The van der Waals surface area contributed by atoms with Gasteiger partial charge in [0.15, 0.2) is 5.22 Å². The molecular formula is C17H22ClNO. The van der Waals surface area contributed by atoms with Crippen molar-refractivity contribution in [1.29, 1.82) is 0 Å². The van der Waals surface area contributed by atoms with Gasteiger partial charge in [0, 0.05) is 5.56 Å². The molecule has 2 rings (SSSR count). The second kappa shape index (κ2) is 7.51. The Bertz CT molecular complexity index is 518. The molecule has 1 aromatic heterocycles. The molecule has 1 unspecified atom stereocenters. The van der Waals surface area contributed by atoms with Crippen molar-refractivity contribution in [3.8, 4) is 0 Å². The van der Waals surface area contributed by atoms with Gasteiger partial charge >= 0.3 is 0 Å². The predicted octanol–water partition coefficient (Wildman–Crippen LogP) is 4.97. The van der Waals surface area contributed by atoms with Gasteiger partial charge in [0.05, 0.1) is 12.3 Å². The summed E-state index contributed by atoms with van der Waals surface area (Å²) in [6.45, 7) is 5.30. The highest BCUT2D eigenvalue weighted by Crippen LogP contribution is 2.29. The van der Waals surface area contributed by atoms with Gasteiger partial charge in [-0.15, -0.1) is 0 Å². The van der Waals surface area contributed by atoms with E-state index in [1.165, 1.54) is 17.5 Å². The lowest BCUT2D eigenvalue weighted by molar-refractivity contribution is 0.550. The zero-order valence-electron chi connectivity index (χ0n) is 12.2. The zero-order valence-corrected chi connectivity index (χ0v) is 12.9. The van der Waals surface area contributed by atoms with Crippen molar-refractivity contribution in [3.63, 3.8) is 0 Å². The predicted molar refractivity (Wildman–Crippen MR) is 84.3 cm³/mol. The lowest BCUT2D eigenvalue weighted by Gasteiger charge is -2.18. The lowest BCUT2D eigenvalue weighted by atomic mass is 9.98. The van der Waals surface area contributed by atoms with E-state index in [0.717, 1.165) is 24.9 Å². The van der Waals surface area contributed by atoms with Crippen molar-refractivity contribution in [2.24, 2.45) is 0 Å². The van der Waals surface area contributed by atoms with Gasteiger partial charge < -0.3 is 9.73 Å². The monoisotopic (exact) mass is 291 g/mol. The summed E-state index contributed by atoms with van der Waals surface area (Å²) >= 11 is 6.14. The van der Waals surface area contributed by atoms with Crippen molar-refractivity contribution < 1.29 is 4.42 Å². The van der Waals surface area contributed by atoms with Crippen molar-refractivity contribution >= 4 is 11.6 Å². The van der Waals surface area contributed by atoms with Crippen molar-refractivity contribution in [1.82, 2.24) is 5.32 Å². The third-order valence-electron chi connectivity index (χ3n) is 3.41. The fourth-order valence-corrected chi connectivity index (χ4v) is 2.60. The Kier molecular flexibility index (Phi) is 5.69. The number of benzene rings is 1. The van der Waals surface area contributed by atoms with Gasteiger partial charge in [0.25, 0.3) is 0 Å². The molecule has 0 spiro atoms. The van der Waals surface area contributed by atoms with E-state index < -0.39 is 0 Å². The largest absolute Gasteiger partial charge is 0.453 e. The van der Waals surface area contributed by atoms with E-state index in [1.807, 2.05) is 6.07 Å². The summed E-state index contributed by atoms with van der Waals surface area (Å²) in [5.41, 5.74) is 3.61. The Hall–Kier alpha value is -1.25. The molecule has 0 aliphatic carbocycles. The molecule has 2 nitrogen and oxygen atoms in total. The summed E-state index contributed by atoms with van der Waals surface area (Å²) in [6.07, 6.45) is 5.02. The molecule has 1 heterocycles. The van der Waals surface area contributed by atoms with E-state index in [1.54, 1.807) is 6.26 Å². The number of nitrogens with one attached hydrogen (secondary N) is 1. The first kappa shape index (κ1) is 15.1. The van der Waals surface area contributed by atoms with Crippen LogP contribution in [0.4, 0.5) is 0 Å². The molecule has 1 N–H and O–H groups in total. The van der Waals surface area contributed by atoms with Crippen LogP contribution in [0.15, 0.2) is 41.0 Å². The first-order valence-corrected chi connectivity index (χ1v) is 7.69. The van der Waals surface area contributed by atoms with Crippen LogP contribution in [-0.4, -0.2) is 6.54 Å². The highest BCUT2D eigenvalue weighted by molar-refractivity contribution is 6.29. The van der Waals surface area contributed by atoms with Crippen LogP contribution in [0.1, 0.15) is 49.4 Å². The average molecular weight is 292 g/mol. The Labute approximate surface area is 126 Å². The molecule has 0 fully saturated rings. The second-order valence-corrected chi connectivity index (χ2v) is 5.37. The molecule has 0 amide bonds. The van der Waals surface area contributed by atoms with Crippen LogP contribution in [0, 0.1) is 0 Å². The number of hydrogen-bond donors (Lipinski definition) is 1. The maximum absolute atomic E-state index is 6.14. The van der Waals surface area contributed by atoms with E-state index in [-0.39, 0.29) is 6.04 Å². The van der Waals surface area contributed by atoms with Gasteiger partial charge in [0.1, 0.15) is 0 Å². The third kappa shape index (κ3) is 3.65. The Morgan fingerprint density at radius 3 is 2.40 bits per heavy atom. The molecule has 0 aliphatic heterocycles. The summed E-state index contributed by atoms with van der Waals surface area (Å²) in [7, 11) is 0. The van der Waals surface area contributed by atoms with Gasteiger partial charge in [0.2, 0.25) is 0 Å². The van der Waals surface area contributed by atoms with Crippen molar-refractivity contribution in [3.05, 3.63) is 58.5 Å². The topological polar surface area (TPSA) is 25.2 Å². The van der Waals surface area contributed by atoms with E-state index in [4.69, 9.17) is 16.0 Å². The van der Waals surface area contributed by atoms with Gasteiger partial charge in [-0.05, 0) is 48.2 Å². The van der Waals surface area contributed by atoms with Gasteiger partial charge in [-0.1, -0.05) is 44.5 Å². The maximum atomic E-state index is 6.14. The third-order valence-corrected chi connectivity index (χ3v) is 3.71. The van der Waals surface area contributed by atoms with Crippen LogP contribution in [-0.2, 0) is 6.42 Å². The van der Waals surface area contributed by atoms with E-state index >= 15 is 0 Å². The molecule has 0 bridgehead atoms. The molecular weight excluding hydrogens is 270 g/mol. The standard InChI is InChI=1S/C17H22ClNO/c1-3-5-13-6-8-14(9-7-13)16(19-11-4-2)15-10-12-20-17(15)18/h6-10,12,16,19H,3-5,11H2,1-2H3. The molecule has 0 saturated heterocycles. The second-order valence-electron chi connectivity index (χ2n) is 5.03. The Morgan fingerprint density at radius 1 is 1.10 bits per heavy atom. The number of hydrogen-bond acceptors (Lipinski definition) is 2. The molecule has 2 aromatic rings. The van der Waals surface area contributed by atoms with Crippen molar-refractivity contribution in [2.45, 2.75) is 39.2 Å². The van der Waals surface area contributed by atoms with Crippen LogP contribution in [0.25, 0.3) is 0 Å². The van der Waals surface area contributed by atoms with E-state index in [9.17, 15) is 0 Å². The number of halogens is 1. The fraction of sp³-hybridized carbons (Fsp3) is 0.412. The SMILES string of the molecule is CCCNC(c1ccc(CCC)cc1)c1ccoc1Cl.